The lowest BCUT2D eigenvalue weighted by atomic mass is 9.77. The van der Waals surface area contributed by atoms with Gasteiger partial charge >= 0.3 is 0 Å². The highest BCUT2D eigenvalue weighted by molar-refractivity contribution is 5.43. The zero-order chi connectivity index (χ0) is 13.5. The number of benzene rings is 1. The van der Waals surface area contributed by atoms with Gasteiger partial charge in [-0.05, 0) is 38.3 Å². The molecule has 0 fully saturated rings. The molecule has 3 rings (SSSR count). The van der Waals surface area contributed by atoms with Gasteiger partial charge in [0.25, 0.3) is 0 Å². The number of hydrogen-bond donors (Lipinski definition) is 1. The van der Waals surface area contributed by atoms with E-state index >= 15 is 0 Å². The lowest BCUT2D eigenvalue weighted by Crippen LogP contribution is -2.35. The van der Waals surface area contributed by atoms with Crippen LogP contribution in [0.1, 0.15) is 49.5 Å². The number of fused-ring (bicyclic) bond motifs is 1. The molecule has 0 amide bonds. The lowest BCUT2D eigenvalue weighted by molar-refractivity contribution is 0.332. The highest BCUT2D eigenvalue weighted by Gasteiger charge is 2.30. The molecule has 0 bridgehead atoms. The van der Waals surface area contributed by atoms with Gasteiger partial charge in [-0.15, -0.1) is 0 Å². The van der Waals surface area contributed by atoms with E-state index in [-0.39, 0.29) is 5.54 Å². The molecular weight excluding hydrogens is 238 g/mol. The predicted octanol–water partition coefficient (Wildman–Crippen LogP) is 2.65. The lowest BCUT2D eigenvalue weighted by Gasteiger charge is -2.27. The molecule has 0 radical (unpaired) electrons. The monoisotopic (exact) mass is 257 g/mol. The van der Waals surface area contributed by atoms with Gasteiger partial charge < -0.3 is 9.84 Å². The second-order valence-corrected chi connectivity index (χ2v) is 6.11. The summed E-state index contributed by atoms with van der Waals surface area (Å²) < 4.78 is 5.31. The van der Waals surface area contributed by atoms with E-state index < -0.39 is 0 Å². The Kier molecular flexibility index (Phi) is 2.90. The molecule has 4 heteroatoms. The minimum Gasteiger partial charge on any atom is -0.338 e. The summed E-state index contributed by atoms with van der Waals surface area (Å²) in [6, 6.07) is 8.44. The van der Waals surface area contributed by atoms with E-state index in [0.717, 1.165) is 12.2 Å². The fourth-order valence-corrected chi connectivity index (χ4v) is 2.31. The first-order valence-electron chi connectivity index (χ1n) is 6.68. The second-order valence-electron chi connectivity index (χ2n) is 6.11. The van der Waals surface area contributed by atoms with E-state index in [2.05, 4.69) is 60.5 Å². The van der Waals surface area contributed by atoms with Crippen molar-refractivity contribution in [2.24, 2.45) is 0 Å². The number of rotatable bonds is 3. The van der Waals surface area contributed by atoms with Gasteiger partial charge in [-0.3, -0.25) is 0 Å². The molecular formula is C15H19N3O. The Bertz CT molecular complexity index is 583. The summed E-state index contributed by atoms with van der Waals surface area (Å²) in [5.41, 5.74) is 2.78. The molecule has 4 nitrogen and oxygen atoms in total. The van der Waals surface area contributed by atoms with Gasteiger partial charge in [0.1, 0.15) is 0 Å². The van der Waals surface area contributed by atoms with E-state index in [9.17, 15) is 0 Å². The molecule has 0 saturated carbocycles. The van der Waals surface area contributed by atoms with Crippen molar-refractivity contribution in [2.45, 2.75) is 45.2 Å². The zero-order valence-electron chi connectivity index (χ0n) is 11.6. The summed E-state index contributed by atoms with van der Waals surface area (Å²) in [7, 11) is 0. The predicted molar refractivity (Wildman–Crippen MR) is 72.9 cm³/mol. The van der Waals surface area contributed by atoms with Crippen molar-refractivity contribution in [3.05, 3.63) is 47.1 Å². The van der Waals surface area contributed by atoms with Gasteiger partial charge in [-0.1, -0.05) is 29.4 Å². The van der Waals surface area contributed by atoms with Crippen LogP contribution in [0, 0.1) is 0 Å². The fourth-order valence-electron chi connectivity index (χ4n) is 2.31. The molecule has 1 aliphatic rings. The molecule has 1 aliphatic carbocycles. The number of nitrogens with zero attached hydrogens (tertiary/aromatic N) is 2. The SMILES string of the molecule is CC(C)(C)NCc1nc(C2Cc3ccccc32)no1. The van der Waals surface area contributed by atoms with E-state index in [1.807, 2.05) is 0 Å². The molecule has 0 saturated heterocycles. The average Bonchev–Trinajstić information content (AvgIpc) is 2.76. The van der Waals surface area contributed by atoms with Crippen molar-refractivity contribution < 1.29 is 4.52 Å². The summed E-state index contributed by atoms with van der Waals surface area (Å²) in [5, 5.41) is 7.46. The van der Waals surface area contributed by atoms with Crippen molar-refractivity contribution in [2.75, 3.05) is 0 Å². The Hall–Kier alpha value is -1.68. The summed E-state index contributed by atoms with van der Waals surface area (Å²) in [5.74, 6) is 1.78. The maximum atomic E-state index is 5.31. The molecule has 1 N–H and O–H groups in total. The first-order valence-corrected chi connectivity index (χ1v) is 6.68. The van der Waals surface area contributed by atoms with E-state index in [0.29, 0.717) is 18.4 Å². The van der Waals surface area contributed by atoms with E-state index in [4.69, 9.17) is 4.52 Å². The van der Waals surface area contributed by atoms with Gasteiger partial charge in [0.05, 0.1) is 12.5 Å². The molecule has 1 unspecified atom stereocenters. The second kappa shape index (κ2) is 4.46. The maximum Gasteiger partial charge on any atom is 0.240 e. The third-order valence-corrected chi connectivity index (χ3v) is 3.42. The topological polar surface area (TPSA) is 51.0 Å². The molecule has 100 valence electrons. The first kappa shape index (κ1) is 12.4. The number of aromatic nitrogens is 2. The summed E-state index contributed by atoms with van der Waals surface area (Å²) >= 11 is 0. The fraction of sp³-hybridized carbons (Fsp3) is 0.467. The molecule has 1 heterocycles. The number of nitrogens with one attached hydrogen (secondary N) is 1. The Morgan fingerprint density at radius 1 is 1.32 bits per heavy atom. The largest absolute Gasteiger partial charge is 0.338 e. The van der Waals surface area contributed by atoms with Crippen LogP contribution in [0.15, 0.2) is 28.8 Å². The van der Waals surface area contributed by atoms with Crippen LogP contribution >= 0.6 is 0 Å². The van der Waals surface area contributed by atoms with Crippen LogP contribution in [0.5, 0.6) is 0 Å². The molecule has 1 aromatic carbocycles. The van der Waals surface area contributed by atoms with Crippen LogP contribution in [-0.4, -0.2) is 15.7 Å². The van der Waals surface area contributed by atoms with Crippen LogP contribution in [0.4, 0.5) is 0 Å². The van der Waals surface area contributed by atoms with Crippen LogP contribution in [0.2, 0.25) is 0 Å². The molecule has 19 heavy (non-hydrogen) atoms. The van der Waals surface area contributed by atoms with Gasteiger partial charge in [0.15, 0.2) is 5.82 Å². The normalized spacial score (nSPS) is 17.9. The molecule has 1 atom stereocenters. The van der Waals surface area contributed by atoms with Gasteiger partial charge in [0.2, 0.25) is 5.89 Å². The van der Waals surface area contributed by atoms with E-state index in [1.54, 1.807) is 0 Å². The third-order valence-electron chi connectivity index (χ3n) is 3.42. The average molecular weight is 257 g/mol. The van der Waals surface area contributed by atoms with E-state index in [1.165, 1.54) is 11.1 Å². The number of hydrogen-bond acceptors (Lipinski definition) is 4. The Morgan fingerprint density at radius 2 is 2.11 bits per heavy atom. The standard InChI is InChI=1S/C15H19N3O/c1-15(2,3)16-9-13-17-14(18-19-13)12-8-10-6-4-5-7-11(10)12/h4-7,12,16H,8-9H2,1-3H3. The van der Waals surface area contributed by atoms with Gasteiger partial charge in [0, 0.05) is 5.54 Å². The summed E-state index contributed by atoms with van der Waals surface area (Å²) in [6.07, 6.45) is 1.02. The molecule has 0 aliphatic heterocycles. The summed E-state index contributed by atoms with van der Waals surface area (Å²) in [4.78, 5) is 4.49. The van der Waals surface area contributed by atoms with Crippen molar-refractivity contribution >= 4 is 0 Å². The van der Waals surface area contributed by atoms with Crippen molar-refractivity contribution in [3.63, 3.8) is 0 Å². The third kappa shape index (κ3) is 2.54. The van der Waals surface area contributed by atoms with Crippen LogP contribution in [0.25, 0.3) is 0 Å². The first-order chi connectivity index (χ1) is 9.03. The smallest absolute Gasteiger partial charge is 0.240 e. The van der Waals surface area contributed by atoms with Crippen LogP contribution in [0.3, 0.4) is 0 Å². The Morgan fingerprint density at radius 3 is 2.84 bits per heavy atom. The molecule has 1 aromatic heterocycles. The molecule has 0 spiro atoms. The minimum absolute atomic E-state index is 0.0533. The van der Waals surface area contributed by atoms with Crippen molar-refractivity contribution in [3.8, 4) is 0 Å². The van der Waals surface area contributed by atoms with Crippen LogP contribution < -0.4 is 5.32 Å². The maximum absolute atomic E-state index is 5.31. The quantitative estimate of drug-likeness (QED) is 0.918. The van der Waals surface area contributed by atoms with Gasteiger partial charge in [-0.25, -0.2) is 0 Å². The van der Waals surface area contributed by atoms with Crippen LogP contribution in [-0.2, 0) is 13.0 Å². The van der Waals surface area contributed by atoms with Crippen molar-refractivity contribution in [1.29, 1.82) is 0 Å². The Balaban J connectivity index is 1.70. The highest BCUT2D eigenvalue weighted by atomic mass is 16.5. The Labute approximate surface area is 113 Å². The molecule has 2 aromatic rings. The highest BCUT2D eigenvalue weighted by Crippen LogP contribution is 2.38. The van der Waals surface area contributed by atoms with Crippen molar-refractivity contribution in [1.82, 2.24) is 15.5 Å². The zero-order valence-corrected chi connectivity index (χ0v) is 11.6. The summed E-state index contributed by atoms with van der Waals surface area (Å²) in [6.45, 7) is 6.97. The minimum atomic E-state index is 0.0533. The van der Waals surface area contributed by atoms with Gasteiger partial charge in [-0.2, -0.15) is 4.98 Å².